The number of amides is 3. The monoisotopic (exact) mass is 334 g/mol. The van der Waals surface area contributed by atoms with E-state index in [9.17, 15) is 19.2 Å². The van der Waals surface area contributed by atoms with Gasteiger partial charge >= 0.3 is 0 Å². The number of nitrogens with zero attached hydrogens (tertiary/aromatic N) is 2. The van der Waals surface area contributed by atoms with Crippen LogP contribution in [0.5, 0.6) is 0 Å². The first-order valence-electron chi connectivity index (χ1n) is 7.86. The summed E-state index contributed by atoms with van der Waals surface area (Å²) < 4.78 is 0. The normalized spacial score (nSPS) is 22.0. The Bertz CT molecular complexity index is 884. The van der Waals surface area contributed by atoms with Crippen molar-refractivity contribution in [1.82, 2.24) is 4.90 Å². The lowest BCUT2D eigenvalue weighted by atomic mass is 9.93. The van der Waals surface area contributed by atoms with E-state index in [1.54, 1.807) is 36.4 Å². The first-order chi connectivity index (χ1) is 12.0. The molecule has 2 aromatic carbocycles. The Morgan fingerprint density at radius 1 is 0.840 bits per heavy atom. The molecule has 6 nitrogen and oxygen atoms in total. The standard InChI is InChI=1S/C19H14N2O4/c1-11-6-8-12(9-7-11)20-15(10-22)16(19(20)25)21-17(23)13-4-2-3-5-14(13)18(21)24/h2-10,15-16H,1H3/t15-,16+/m0/s1. The van der Waals surface area contributed by atoms with Gasteiger partial charge in [0, 0.05) is 5.69 Å². The maximum atomic E-state index is 12.7. The van der Waals surface area contributed by atoms with Crippen molar-refractivity contribution in [3.8, 4) is 0 Å². The van der Waals surface area contributed by atoms with Gasteiger partial charge in [-0.25, -0.2) is 0 Å². The SMILES string of the molecule is Cc1ccc(N2C(=O)[C@H](N3C(=O)c4ccccc4C3=O)[C@@H]2C=O)cc1. The first kappa shape index (κ1) is 15.3. The fourth-order valence-corrected chi connectivity index (χ4v) is 3.36. The summed E-state index contributed by atoms with van der Waals surface area (Å²) in [6.45, 7) is 1.92. The van der Waals surface area contributed by atoms with Gasteiger partial charge < -0.3 is 4.79 Å². The second-order valence-electron chi connectivity index (χ2n) is 6.14. The summed E-state index contributed by atoms with van der Waals surface area (Å²) in [5.41, 5.74) is 2.12. The van der Waals surface area contributed by atoms with Gasteiger partial charge in [-0.15, -0.1) is 0 Å². The van der Waals surface area contributed by atoms with E-state index in [2.05, 4.69) is 0 Å². The maximum absolute atomic E-state index is 12.7. The Labute approximate surface area is 143 Å². The van der Waals surface area contributed by atoms with E-state index in [0.29, 0.717) is 12.0 Å². The Morgan fingerprint density at radius 3 is 1.92 bits per heavy atom. The molecule has 1 saturated heterocycles. The quantitative estimate of drug-likeness (QED) is 0.485. The highest BCUT2D eigenvalue weighted by molar-refractivity contribution is 6.25. The number of benzene rings is 2. The highest BCUT2D eigenvalue weighted by Gasteiger charge is 2.56. The molecule has 0 bridgehead atoms. The minimum atomic E-state index is -1.09. The number of β-lactam (4-membered cyclic amide) rings is 1. The molecule has 25 heavy (non-hydrogen) atoms. The van der Waals surface area contributed by atoms with Crippen molar-refractivity contribution in [1.29, 1.82) is 0 Å². The predicted octanol–water partition coefficient (Wildman–Crippen LogP) is 1.57. The van der Waals surface area contributed by atoms with E-state index in [1.165, 1.54) is 4.90 Å². The molecule has 124 valence electrons. The van der Waals surface area contributed by atoms with E-state index in [1.807, 2.05) is 19.1 Å². The van der Waals surface area contributed by atoms with Crippen molar-refractivity contribution in [2.24, 2.45) is 0 Å². The highest BCUT2D eigenvalue weighted by atomic mass is 16.2. The van der Waals surface area contributed by atoms with E-state index in [-0.39, 0.29) is 11.1 Å². The summed E-state index contributed by atoms with van der Waals surface area (Å²) in [6.07, 6.45) is 0.607. The highest BCUT2D eigenvalue weighted by Crippen LogP contribution is 2.35. The van der Waals surface area contributed by atoms with Gasteiger partial charge in [0.15, 0.2) is 0 Å². The fraction of sp³-hybridized carbons (Fsp3) is 0.158. The lowest BCUT2D eigenvalue weighted by Gasteiger charge is -2.46. The van der Waals surface area contributed by atoms with Crippen molar-refractivity contribution < 1.29 is 19.2 Å². The van der Waals surface area contributed by atoms with E-state index in [0.717, 1.165) is 10.5 Å². The van der Waals surface area contributed by atoms with Crippen molar-refractivity contribution in [3.63, 3.8) is 0 Å². The summed E-state index contributed by atoms with van der Waals surface area (Å²) in [4.78, 5) is 51.6. The van der Waals surface area contributed by atoms with Crippen molar-refractivity contribution >= 4 is 29.7 Å². The summed E-state index contributed by atoms with van der Waals surface area (Å²) >= 11 is 0. The average molecular weight is 334 g/mol. The second kappa shape index (κ2) is 5.37. The van der Waals surface area contributed by atoms with Crippen LogP contribution in [0, 0.1) is 6.92 Å². The molecular weight excluding hydrogens is 320 g/mol. The molecule has 1 fully saturated rings. The molecule has 2 aliphatic rings. The molecular formula is C19H14N2O4. The van der Waals surface area contributed by atoms with E-state index >= 15 is 0 Å². The molecule has 2 heterocycles. The smallest absolute Gasteiger partial charge is 0.262 e. The second-order valence-corrected chi connectivity index (χ2v) is 6.14. The van der Waals surface area contributed by atoms with Gasteiger partial charge in [-0.05, 0) is 31.2 Å². The number of carbonyl (C=O) groups excluding carboxylic acids is 4. The first-order valence-corrected chi connectivity index (χ1v) is 7.86. The topological polar surface area (TPSA) is 74.8 Å². The summed E-state index contributed by atoms with van der Waals surface area (Å²) in [7, 11) is 0. The van der Waals surface area contributed by atoms with Crippen LogP contribution in [0.25, 0.3) is 0 Å². The van der Waals surface area contributed by atoms with Gasteiger partial charge in [0.25, 0.3) is 17.7 Å². The molecule has 0 radical (unpaired) electrons. The number of hydrogen-bond acceptors (Lipinski definition) is 4. The molecule has 2 aliphatic heterocycles. The van der Waals surface area contributed by atoms with Crippen molar-refractivity contribution in [2.75, 3.05) is 4.90 Å². The minimum Gasteiger partial charge on any atom is -0.301 e. The van der Waals surface area contributed by atoms with Gasteiger partial charge in [0.2, 0.25) is 0 Å². The van der Waals surface area contributed by atoms with Crippen LogP contribution in [0.4, 0.5) is 5.69 Å². The number of rotatable bonds is 3. The maximum Gasteiger partial charge on any atom is 0.262 e. The van der Waals surface area contributed by atoms with Crippen LogP contribution in [-0.2, 0) is 9.59 Å². The van der Waals surface area contributed by atoms with Crippen LogP contribution in [0.1, 0.15) is 26.3 Å². The third-order valence-corrected chi connectivity index (χ3v) is 4.67. The molecule has 0 N–H and O–H groups in total. The number of carbonyl (C=O) groups is 4. The molecule has 0 aromatic heterocycles. The molecule has 2 aromatic rings. The molecule has 0 spiro atoms. The Kier molecular flexibility index (Phi) is 3.28. The molecule has 0 aliphatic carbocycles. The molecule has 0 unspecified atom stereocenters. The van der Waals surface area contributed by atoms with E-state index < -0.39 is 29.8 Å². The zero-order chi connectivity index (χ0) is 17.7. The fourth-order valence-electron chi connectivity index (χ4n) is 3.36. The molecule has 4 rings (SSSR count). The molecule has 6 heteroatoms. The minimum absolute atomic E-state index is 0.263. The van der Waals surface area contributed by atoms with Crippen molar-refractivity contribution in [2.45, 2.75) is 19.0 Å². The lowest BCUT2D eigenvalue weighted by Crippen LogP contribution is -2.72. The average Bonchev–Trinajstić information content (AvgIpc) is 2.87. The number of anilines is 1. The summed E-state index contributed by atoms with van der Waals surface area (Å²) in [5, 5.41) is 0. The van der Waals surface area contributed by atoms with Crippen LogP contribution in [0.3, 0.4) is 0 Å². The summed E-state index contributed by atoms with van der Waals surface area (Å²) in [5.74, 6) is -1.50. The molecule has 3 amide bonds. The van der Waals surface area contributed by atoms with Crippen LogP contribution in [0.2, 0.25) is 0 Å². The van der Waals surface area contributed by atoms with Gasteiger partial charge in [-0.3, -0.25) is 24.2 Å². The van der Waals surface area contributed by atoms with Crippen LogP contribution >= 0.6 is 0 Å². The zero-order valence-electron chi connectivity index (χ0n) is 13.4. The predicted molar refractivity (Wildman–Crippen MR) is 89.2 cm³/mol. The lowest BCUT2D eigenvalue weighted by molar-refractivity contribution is -0.133. The number of hydrogen-bond donors (Lipinski definition) is 0. The third-order valence-electron chi connectivity index (χ3n) is 4.67. The van der Waals surface area contributed by atoms with Crippen LogP contribution < -0.4 is 4.90 Å². The molecule has 2 atom stereocenters. The largest absolute Gasteiger partial charge is 0.301 e. The van der Waals surface area contributed by atoms with Gasteiger partial charge in [-0.2, -0.15) is 0 Å². The zero-order valence-corrected chi connectivity index (χ0v) is 13.4. The van der Waals surface area contributed by atoms with Crippen LogP contribution in [-0.4, -0.2) is 41.0 Å². The molecule has 0 saturated carbocycles. The summed E-state index contributed by atoms with van der Waals surface area (Å²) in [6, 6.07) is 11.6. The number of fused-ring (bicyclic) bond motifs is 1. The van der Waals surface area contributed by atoms with Gasteiger partial charge in [0.1, 0.15) is 18.4 Å². The van der Waals surface area contributed by atoms with Crippen LogP contribution in [0.15, 0.2) is 48.5 Å². The Hall–Kier alpha value is -3.28. The van der Waals surface area contributed by atoms with Gasteiger partial charge in [-0.1, -0.05) is 29.8 Å². The number of imide groups is 1. The third kappa shape index (κ3) is 2.04. The number of aldehydes is 1. The Balaban J connectivity index is 1.68. The van der Waals surface area contributed by atoms with E-state index in [4.69, 9.17) is 0 Å². The number of aryl methyl sites for hydroxylation is 1. The Morgan fingerprint density at radius 2 is 1.40 bits per heavy atom. The van der Waals surface area contributed by atoms with Crippen molar-refractivity contribution in [3.05, 3.63) is 65.2 Å². The van der Waals surface area contributed by atoms with Gasteiger partial charge in [0.05, 0.1) is 11.1 Å².